The third kappa shape index (κ3) is 5.37. The molecule has 5 nitrogen and oxygen atoms in total. The maximum Gasteiger partial charge on any atom is 0.387 e. The van der Waals surface area contributed by atoms with Crippen LogP contribution in [-0.2, 0) is 6.42 Å². The van der Waals surface area contributed by atoms with Gasteiger partial charge in [-0.25, -0.2) is 0 Å². The molecule has 1 heterocycles. The fraction of sp³-hybridized carbons (Fsp3) is 0.421. The molecule has 1 aromatic heterocycles. The largest absolute Gasteiger partial charge is 0.489 e. The molecular weight excluding hydrogens is 415 g/mol. The molecule has 0 saturated heterocycles. The van der Waals surface area contributed by atoms with Crippen molar-refractivity contribution in [3.05, 3.63) is 51.8 Å². The molecule has 1 fully saturated rings. The van der Waals surface area contributed by atoms with Gasteiger partial charge < -0.3 is 14.6 Å². The second-order valence-corrected chi connectivity index (χ2v) is 7.35. The number of aliphatic hydroxyl groups is 1. The van der Waals surface area contributed by atoms with E-state index in [0.29, 0.717) is 33.7 Å². The zero-order valence-electron chi connectivity index (χ0n) is 15.1. The number of pyridine rings is 1. The third-order valence-corrected chi connectivity index (χ3v) is 5.06. The van der Waals surface area contributed by atoms with Crippen LogP contribution in [0.5, 0.6) is 11.5 Å². The number of benzene rings is 1. The molecule has 0 bridgehead atoms. The number of alkyl halides is 2. The first-order chi connectivity index (χ1) is 13.4. The van der Waals surface area contributed by atoms with Crippen LogP contribution in [0.3, 0.4) is 0 Å². The average molecular weight is 435 g/mol. The van der Waals surface area contributed by atoms with Crippen LogP contribution in [0.25, 0.3) is 0 Å². The molecule has 1 aliphatic carbocycles. The predicted octanol–water partition coefficient (Wildman–Crippen LogP) is 4.01. The van der Waals surface area contributed by atoms with E-state index in [9.17, 15) is 13.9 Å². The Morgan fingerprint density at radius 2 is 1.86 bits per heavy atom. The summed E-state index contributed by atoms with van der Waals surface area (Å²) in [6.07, 6.45) is 4.31. The lowest BCUT2D eigenvalue weighted by molar-refractivity contribution is -0.885. The number of aliphatic hydroxyl groups excluding tert-OH is 1. The van der Waals surface area contributed by atoms with Crippen LogP contribution in [0, 0.1) is 5.92 Å². The number of nitrogens with zero attached hydrogens (tertiary/aromatic N) is 1. The number of rotatable bonds is 9. The predicted molar refractivity (Wildman–Crippen MR) is 99.1 cm³/mol. The Balaban J connectivity index is 1.80. The van der Waals surface area contributed by atoms with Crippen molar-refractivity contribution in [3.8, 4) is 11.5 Å². The SMILES string of the molecule is CO[n+]1cc(Cl)c(CC(O)c2ccc(OC(F)F)c(OCC3CC3)c2)c(Cl)c1. The summed E-state index contributed by atoms with van der Waals surface area (Å²) in [5.74, 6) is 0.539. The zero-order chi connectivity index (χ0) is 20.3. The number of aromatic nitrogens is 1. The summed E-state index contributed by atoms with van der Waals surface area (Å²) in [6.45, 7) is -2.54. The van der Waals surface area contributed by atoms with Crippen molar-refractivity contribution in [2.75, 3.05) is 13.7 Å². The van der Waals surface area contributed by atoms with E-state index < -0.39 is 12.7 Å². The van der Waals surface area contributed by atoms with Gasteiger partial charge in [0.2, 0.25) is 12.4 Å². The van der Waals surface area contributed by atoms with Gasteiger partial charge in [-0.1, -0.05) is 29.3 Å². The average Bonchev–Trinajstić information content (AvgIpc) is 3.47. The highest BCUT2D eigenvalue weighted by molar-refractivity contribution is 6.35. The highest BCUT2D eigenvalue weighted by atomic mass is 35.5. The second kappa shape index (κ2) is 9.11. The minimum Gasteiger partial charge on any atom is -0.489 e. The Bertz CT molecular complexity index is 811. The first-order valence-corrected chi connectivity index (χ1v) is 9.46. The molecular formula is C19H20Cl2F2NO4+. The van der Waals surface area contributed by atoms with Crippen LogP contribution in [0.1, 0.15) is 30.1 Å². The molecule has 1 atom stereocenters. The lowest BCUT2D eigenvalue weighted by Gasteiger charge is -2.17. The monoisotopic (exact) mass is 434 g/mol. The first kappa shape index (κ1) is 20.9. The van der Waals surface area contributed by atoms with Gasteiger partial charge >= 0.3 is 6.61 Å². The number of ether oxygens (including phenoxy) is 2. The van der Waals surface area contributed by atoms with Gasteiger partial charge in [0.25, 0.3) is 0 Å². The van der Waals surface area contributed by atoms with Crippen LogP contribution in [-0.4, -0.2) is 25.4 Å². The van der Waals surface area contributed by atoms with Crippen molar-refractivity contribution in [3.63, 3.8) is 0 Å². The summed E-state index contributed by atoms with van der Waals surface area (Å²) in [7, 11) is 1.47. The molecule has 0 aliphatic heterocycles. The van der Waals surface area contributed by atoms with Crippen LogP contribution < -0.4 is 19.0 Å². The Morgan fingerprint density at radius 3 is 2.43 bits per heavy atom. The van der Waals surface area contributed by atoms with Crippen molar-refractivity contribution in [1.82, 2.24) is 0 Å². The maximum atomic E-state index is 12.6. The Labute approximate surface area is 171 Å². The van der Waals surface area contributed by atoms with E-state index in [0.717, 1.165) is 12.8 Å². The summed E-state index contributed by atoms with van der Waals surface area (Å²) >= 11 is 12.5. The van der Waals surface area contributed by atoms with Gasteiger partial charge in [0.1, 0.15) is 17.2 Å². The van der Waals surface area contributed by atoms with Gasteiger partial charge in [-0.3, -0.25) is 4.84 Å². The summed E-state index contributed by atoms with van der Waals surface area (Å²) in [5, 5.41) is 11.3. The van der Waals surface area contributed by atoms with Crippen molar-refractivity contribution < 1.29 is 32.9 Å². The minimum atomic E-state index is -2.96. The third-order valence-electron chi connectivity index (χ3n) is 4.41. The summed E-state index contributed by atoms with van der Waals surface area (Å²) in [5.41, 5.74) is 1.01. The molecule has 0 amide bonds. The first-order valence-electron chi connectivity index (χ1n) is 8.70. The van der Waals surface area contributed by atoms with Gasteiger partial charge in [0.05, 0.1) is 12.7 Å². The normalized spacial score (nSPS) is 14.8. The molecule has 2 aromatic rings. The van der Waals surface area contributed by atoms with Crippen LogP contribution in [0.15, 0.2) is 30.6 Å². The molecule has 1 N–H and O–H groups in total. The van der Waals surface area contributed by atoms with Crippen LogP contribution in [0.2, 0.25) is 10.0 Å². The van der Waals surface area contributed by atoms with Gasteiger partial charge in [-0.05, 0) is 36.5 Å². The van der Waals surface area contributed by atoms with E-state index in [1.54, 1.807) is 0 Å². The molecule has 1 aliphatic rings. The van der Waals surface area contributed by atoms with E-state index in [-0.39, 0.29) is 17.9 Å². The van der Waals surface area contributed by atoms with Gasteiger partial charge in [-0.15, -0.1) is 0 Å². The molecule has 152 valence electrons. The summed E-state index contributed by atoms with van der Waals surface area (Å²) in [6, 6.07) is 4.37. The maximum absolute atomic E-state index is 12.6. The standard InChI is InChI=1S/C19H20Cl2F2NO4/c1-26-24-8-14(20)13(15(21)9-24)7-16(25)12-4-5-17(28-19(22)23)18(6-12)27-10-11-2-3-11/h4-6,8-9,11,16,19,25H,2-3,7,10H2,1H3/q+1. The molecule has 1 saturated carbocycles. The van der Waals surface area contributed by atoms with E-state index in [4.69, 9.17) is 32.8 Å². The van der Waals surface area contributed by atoms with Crippen molar-refractivity contribution >= 4 is 23.2 Å². The van der Waals surface area contributed by atoms with Crippen molar-refractivity contribution in [2.45, 2.75) is 32.0 Å². The molecule has 1 aromatic carbocycles. The van der Waals surface area contributed by atoms with E-state index >= 15 is 0 Å². The molecule has 0 spiro atoms. The lowest BCUT2D eigenvalue weighted by atomic mass is 10.0. The topological polar surface area (TPSA) is 51.8 Å². The Hall–Kier alpha value is -1.83. The van der Waals surface area contributed by atoms with Gasteiger partial charge in [0, 0.05) is 16.7 Å². The Kier molecular flexibility index (Phi) is 6.80. The van der Waals surface area contributed by atoms with Crippen molar-refractivity contribution in [2.24, 2.45) is 5.92 Å². The molecule has 9 heteroatoms. The lowest BCUT2D eigenvalue weighted by Crippen LogP contribution is -2.40. The quantitative estimate of drug-likeness (QED) is 0.605. The summed E-state index contributed by atoms with van der Waals surface area (Å²) < 4.78 is 36.8. The van der Waals surface area contributed by atoms with Gasteiger partial charge in [0.15, 0.2) is 11.5 Å². The Morgan fingerprint density at radius 1 is 1.18 bits per heavy atom. The fourth-order valence-corrected chi connectivity index (χ4v) is 3.27. The van der Waals surface area contributed by atoms with Crippen LogP contribution >= 0.6 is 23.2 Å². The van der Waals surface area contributed by atoms with Crippen molar-refractivity contribution in [1.29, 1.82) is 0 Å². The molecule has 28 heavy (non-hydrogen) atoms. The van der Waals surface area contributed by atoms with E-state index in [1.807, 2.05) is 0 Å². The molecule has 0 radical (unpaired) electrons. The number of hydrogen-bond acceptors (Lipinski definition) is 4. The van der Waals surface area contributed by atoms with E-state index in [2.05, 4.69) is 4.74 Å². The van der Waals surface area contributed by atoms with E-state index in [1.165, 1.54) is 42.4 Å². The highest BCUT2D eigenvalue weighted by Crippen LogP contribution is 2.36. The molecule has 3 rings (SSSR count). The highest BCUT2D eigenvalue weighted by Gasteiger charge is 2.24. The fourth-order valence-electron chi connectivity index (χ4n) is 2.67. The smallest absolute Gasteiger partial charge is 0.387 e. The number of hydrogen-bond donors (Lipinski definition) is 1. The molecule has 1 unspecified atom stereocenters. The zero-order valence-corrected chi connectivity index (χ0v) is 16.6. The summed E-state index contributed by atoms with van der Waals surface area (Å²) in [4.78, 5) is 5.03. The number of halogens is 4. The minimum absolute atomic E-state index is 0.0662. The van der Waals surface area contributed by atoms with Gasteiger partial charge in [-0.2, -0.15) is 8.78 Å². The van der Waals surface area contributed by atoms with Crippen LogP contribution in [0.4, 0.5) is 8.78 Å². The second-order valence-electron chi connectivity index (χ2n) is 6.53.